The number of anilines is 1. The van der Waals surface area contributed by atoms with Gasteiger partial charge in [-0.15, -0.1) is 0 Å². The number of carbonyl (C=O) groups excluding carboxylic acids is 1. The molecule has 1 amide bonds. The van der Waals surface area contributed by atoms with Gasteiger partial charge in [-0.05, 0) is 35.3 Å². The van der Waals surface area contributed by atoms with Gasteiger partial charge in [-0.1, -0.05) is 107 Å². The van der Waals surface area contributed by atoms with Gasteiger partial charge in [-0.3, -0.25) is 9.69 Å². The molecule has 2 heterocycles. The van der Waals surface area contributed by atoms with Gasteiger partial charge in [0.25, 0.3) is 5.91 Å². The van der Waals surface area contributed by atoms with Crippen LogP contribution in [-0.4, -0.2) is 59.5 Å². The first-order valence-electron chi connectivity index (χ1n) is 14.4. The normalized spacial score (nSPS) is 14.6. The van der Waals surface area contributed by atoms with E-state index in [9.17, 15) is 4.79 Å². The van der Waals surface area contributed by atoms with Crippen molar-refractivity contribution >= 4 is 34.3 Å². The predicted octanol–water partition coefficient (Wildman–Crippen LogP) is 7.10. The zero-order chi connectivity index (χ0) is 25.1. The van der Waals surface area contributed by atoms with Crippen LogP contribution in [0.3, 0.4) is 0 Å². The minimum absolute atomic E-state index is 0.0000896. The smallest absolute Gasteiger partial charge is 0.252 e. The van der Waals surface area contributed by atoms with E-state index in [4.69, 9.17) is 0 Å². The van der Waals surface area contributed by atoms with Gasteiger partial charge in [0.05, 0.1) is 5.56 Å². The summed E-state index contributed by atoms with van der Waals surface area (Å²) >= 11 is 2.48. The maximum Gasteiger partial charge on any atom is 0.252 e. The van der Waals surface area contributed by atoms with Crippen molar-refractivity contribution in [1.82, 2.24) is 15.2 Å². The number of aromatic nitrogens is 1. The number of rotatable bonds is 19. The number of hydrogen-bond acceptors (Lipinski definition) is 4. The molecule has 1 fully saturated rings. The van der Waals surface area contributed by atoms with Crippen molar-refractivity contribution in [2.75, 3.05) is 48.6 Å². The van der Waals surface area contributed by atoms with E-state index in [-0.39, 0.29) is 5.91 Å². The van der Waals surface area contributed by atoms with Crippen molar-refractivity contribution in [3.05, 3.63) is 23.9 Å². The van der Waals surface area contributed by atoms with E-state index in [1.165, 1.54) is 88.0 Å². The maximum atomic E-state index is 12.4. The van der Waals surface area contributed by atoms with E-state index in [2.05, 4.69) is 56.5 Å². The molecule has 1 aliphatic heterocycles. The molecule has 1 aliphatic rings. The average Bonchev–Trinajstić information content (AvgIpc) is 2.86. The zero-order valence-electron chi connectivity index (χ0n) is 22.6. The highest BCUT2D eigenvalue weighted by molar-refractivity contribution is 14.1. The topological polar surface area (TPSA) is 48.5 Å². The summed E-state index contributed by atoms with van der Waals surface area (Å²) < 4.78 is 1.31. The Morgan fingerprint density at radius 3 is 1.89 bits per heavy atom. The van der Waals surface area contributed by atoms with Crippen LogP contribution in [0.15, 0.2) is 18.3 Å². The van der Waals surface area contributed by atoms with Crippen LogP contribution in [0.2, 0.25) is 0 Å². The Hall–Kier alpha value is -0.890. The largest absolute Gasteiger partial charge is 0.354 e. The van der Waals surface area contributed by atoms with E-state index in [0.717, 1.165) is 45.0 Å². The van der Waals surface area contributed by atoms with Crippen LogP contribution in [0.5, 0.6) is 0 Å². The highest BCUT2D eigenvalue weighted by Gasteiger charge is 2.18. The van der Waals surface area contributed by atoms with E-state index in [1.807, 2.05) is 12.1 Å². The van der Waals surface area contributed by atoms with Gasteiger partial charge in [-0.25, -0.2) is 4.98 Å². The first kappa shape index (κ1) is 30.3. The van der Waals surface area contributed by atoms with Gasteiger partial charge in [-0.2, -0.15) is 0 Å². The van der Waals surface area contributed by atoms with Gasteiger partial charge >= 0.3 is 0 Å². The highest BCUT2D eigenvalue weighted by Crippen LogP contribution is 2.15. The molecule has 0 saturated carbocycles. The van der Waals surface area contributed by atoms with Gasteiger partial charge in [0, 0.05) is 45.5 Å². The fraction of sp³-hybridized carbons (Fsp3) is 0.793. The fourth-order valence-electron chi connectivity index (χ4n) is 4.85. The summed E-state index contributed by atoms with van der Waals surface area (Å²) in [6, 6.07) is 3.92. The molecule has 35 heavy (non-hydrogen) atoms. The third kappa shape index (κ3) is 13.8. The molecule has 0 unspecified atom stereocenters. The van der Waals surface area contributed by atoms with Crippen LogP contribution < -0.4 is 10.2 Å². The number of nitrogens with zero attached hydrogens (tertiary/aromatic N) is 3. The third-order valence-electron chi connectivity index (χ3n) is 6.93. The summed E-state index contributed by atoms with van der Waals surface area (Å²) in [6.07, 6.45) is 19.3. The first-order chi connectivity index (χ1) is 17.1. The molecule has 0 spiro atoms. The second kappa shape index (κ2) is 19.3. The molecule has 1 N–H and O–H groups in total. The Balaban J connectivity index is 1.45. The predicted molar refractivity (Wildman–Crippen MR) is 159 cm³/mol. The molecule has 0 bridgehead atoms. The number of halogens is 1. The van der Waals surface area contributed by atoms with Crippen LogP contribution in [0.1, 0.15) is 108 Å². The summed E-state index contributed by atoms with van der Waals surface area (Å²) in [5.41, 5.74) is 0.664. The molecular weight excluding hydrogens is 547 g/mol. The molecule has 1 saturated heterocycles. The molecule has 5 nitrogen and oxygen atoms in total. The monoisotopic (exact) mass is 598 g/mol. The Kier molecular flexibility index (Phi) is 16.7. The second-order valence-corrected chi connectivity index (χ2v) is 11.7. The van der Waals surface area contributed by atoms with Crippen LogP contribution in [0.4, 0.5) is 5.82 Å². The number of carbonyl (C=O) groups is 1. The molecule has 0 aliphatic carbocycles. The Labute approximate surface area is 229 Å². The Bertz CT molecular complexity index is 659. The molecule has 200 valence electrons. The van der Waals surface area contributed by atoms with Crippen LogP contribution in [0.25, 0.3) is 0 Å². The quantitative estimate of drug-likeness (QED) is 0.105. The third-order valence-corrected chi connectivity index (χ3v) is 7.69. The SMILES string of the molecule is CC(C)CN1CCN(c2ccc(C(=O)NCCCCCCCCCCCCCCCI)cn2)CC1. The van der Waals surface area contributed by atoms with E-state index >= 15 is 0 Å². The van der Waals surface area contributed by atoms with E-state index < -0.39 is 0 Å². The van der Waals surface area contributed by atoms with Crippen molar-refractivity contribution in [3.63, 3.8) is 0 Å². The number of piperazine rings is 1. The minimum Gasteiger partial charge on any atom is -0.354 e. The van der Waals surface area contributed by atoms with Crippen LogP contribution >= 0.6 is 22.6 Å². The second-order valence-electron chi connectivity index (χ2n) is 10.6. The lowest BCUT2D eigenvalue weighted by Crippen LogP contribution is -2.47. The van der Waals surface area contributed by atoms with Gasteiger partial charge in [0.1, 0.15) is 5.82 Å². The summed E-state index contributed by atoms with van der Waals surface area (Å²) in [7, 11) is 0. The summed E-state index contributed by atoms with van der Waals surface area (Å²) in [6.45, 7) is 10.7. The van der Waals surface area contributed by atoms with Crippen LogP contribution in [0, 0.1) is 5.92 Å². The summed E-state index contributed by atoms with van der Waals surface area (Å²) in [5, 5.41) is 3.07. The molecule has 2 rings (SSSR count). The first-order valence-corrected chi connectivity index (χ1v) is 15.9. The van der Waals surface area contributed by atoms with Crippen LogP contribution in [-0.2, 0) is 0 Å². The van der Waals surface area contributed by atoms with Gasteiger partial charge in [0.15, 0.2) is 0 Å². The number of hydrogen-bond donors (Lipinski definition) is 1. The Morgan fingerprint density at radius 2 is 1.40 bits per heavy atom. The lowest BCUT2D eigenvalue weighted by molar-refractivity contribution is 0.0952. The number of nitrogens with one attached hydrogen (secondary N) is 1. The molecule has 1 aromatic heterocycles. The minimum atomic E-state index is 0.0000896. The van der Waals surface area contributed by atoms with Crippen molar-refractivity contribution in [3.8, 4) is 0 Å². The van der Waals surface area contributed by atoms with E-state index in [0.29, 0.717) is 11.5 Å². The highest BCUT2D eigenvalue weighted by atomic mass is 127. The van der Waals surface area contributed by atoms with Crippen molar-refractivity contribution < 1.29 is 4.79 Å². The fourth-order valence-corrected chi connectivity index (χ4v) is 5.39. The van der Waals surface area contributed by atoms with Gasteiger partial charge in [0.2, 0.25) is 0 Å². The lowest BCUT2D eigenvalue weighted by atomic mass is 10.0. The number of pyridine rings is 1. The number of unbranched alkanes of at least 4 members (excludes halogenated alkanes) is 12. The molecule has 0 radical (unpaired) electrons. The molecule has 0 aromatic carbocycles. The summed E-state index contributed by atoms with van der Waals surface area (Å²) in [4.78, 5) is 21.9. The standard InChI is InChI=1S/C29H51IN4O/c1-26(2)25-33-20-22-34(23-21-33)28-17-16-27(24-32-28)29(35)31-19-15-13-11-9-7-5-3-4-6-8-10-12-14-18-30/h16-17,24,26H,3-15,18-23,25H2,1-2H3,(H,31,35). The molecule has 0 atom stereocenters. The maximum absolute atomic E-state index is 12.4. The van der Waals surface area contributed by atoms with Gasteiger partial charge < -0.3 is 10.2 Å². The number of amides is 1. The lowest BCUT2D eigenvalue weighted by Gasteiger charge is -2.36. The van der Waals surface area contributed by atoms with Crippen molar-refractivity contribution in [2.45, 2.75) is 97.3 Å². The van der Waals surface area contributed by atoms with Crippen molar-refractivity contribution in [1.29, 1.82) is 0 Å². The van der Waals surface area contributed by atoms with Crippen molar-refractivity contribution in [2.24, 2.45) is 5.92 Å². The number of alkyl halides is 1. The molecule has 1 aromatic rings. The Morgan fingerprint density at radius 1 is 0.857 bits per heavy atom. The summed E-state index contributed by atoms with van der Waals surface area (Å²) in [5.74, 6) is 1.69. The molecular formula is C29H51IN4O. The average molecular weight is 599 g/mol. The molecule has 6 heteroatoms. The zero-order valence-corrected chi connectivity index (χ0v) is 24.7. The van der Waals surface area contributed by atoms with E-state index in [1.54, 1.807) is 6.20 Å².